The van der Waals surface area contributed by atoms with E-state index in [9.17, 15) is 14.7 Å². The van der Waals surface area contributed by atoms with Gasteiger partial charge in [-0.05, 0) is 62.9 Å². The molecule has 0 radical (unpaired) electrons. The van der Waals surface area contributed by atoms with Crippen LogP contribution in [0.15, 0.2) is 47.5 Å². The van der Waals surface area contributed by atoms with Crippen LogP contribution in [0.25, 0.3) is 0 Å². The maximum Gasteiger partial charge on any atom is 0.251 e. The molecule has 38 heavy (non-hydrogen) atoms. The monoisotopic (exact) mass is 518 g/mol. The molecule has 0 aromatic heterocycles. The highest BCUT2D eigenvalue weighted by molar-refractivity contribution is 6.00. The van der Waals surface area contributed by atoms with Crippen LogP contribution in [0, 0.1) is 0 Å². The molecule has 2 aliphatic heterocycles. The van der Waals surface area contributed by atoms with Crippen LogP contribution in [0.2, 0.25) is 0 Å². The SMILES string of the molecule is CCC1(CC)CC(=O)N([C@@H]2CC(C)(C)Oc3ccc(C(=O)NC4c5ccccc5CC4(C)O)cc32)C(N)=N1. The van der Waals surface area contributed by atoms with Crippen LogP contribution in [0.3, 0.4) is 0 Å². The molecule has 2 heterocycles. The summed E-state index contributed by atoms with van der Waals surface area (Å²) in [6.45, 7) is 9.76. The molecule has 1 aliphatic carbocycles. The van der Waals surface area contributed by atoms with Crippen molar-refractivity contribution in [1.29, 1.82) is 0 Å². The Balaban J connectivity index is 1.49. The van der Waals surface area contributed by atoms with Gasteiger partial charge in [-0.2, -0.15) is 0 Å². The van der Waals surface area contributed by atoms with Gasteiger partial charge in [0.05, 0.1) is 29.6 Å². The minimum absolute atomic E-state index is 0.0664. The fourth-order valence-electron chi connectivity index (χ4n) is 6.26. The van der Waals surface area contributed by atoms with Gasteiger partial charge in [0, 0.05) is 24.0 Å². The molecule has 5 rings (SSSR count). The lowest BCUT2D eigenvalue weighted by Gasteiger charge is -2.45. The topological polar surface area (TPSA) is 117 Å². The maximum atomic E-state index is 13.5. The largest absolute Gasteiger partial charge is 0.487 e. The van der Waals surface area contributed by atoms with Gasteiger partial charge in [-0.1, -0.05) is 38.1 Å². The first kappa shape index (κ1) is 26.2. The lowest BCUT2D eigenvalue weighted by atomic mass is 9.84. The van der Waals surface area contributed by atoms with Crippen LogP contribution < -0.4 is 15.8 Å². The summed E-state index contributed by atoms with van der Waals surface area (Å²) in [7, 11) is 0. The van der Waals surface area contributed by atoms with Crippen LogP contribution in [0.5, 0.6) is 5.75 Å². The second-order valence-corrected chi connectivity index (χ2v) is 11.8. The van der Waals surface area contributed by atoms with Crippen molar-refractivity contribution in [3.05, 3.63) is 64.7 Å². The van der Waals surface area contributed by atoms with Crippen molar-refractivity contribution in [2.24, 2.45) is 10.7 Å². The molecular formula is C30H38N4O4. The molecule has 2 unspecified atom stereocenters. The van der Waals surface area contributed by atoms with Gasteiger partial charge in [0.15, 0.2) is 5.96 Å². The molecule has 0 bridgehead atoms. The van der Waals surface area contributed by atoms with Gasteiger partial charge in [0.1, 0.15) is 11.4 Å². The Morgan fingerprint density at radius 2 is 1.84 bits per heavy atom. The lowest BCUT2D eigenvalue weighted by molar-refractivity contribution is -0.132. The first-order chi connectivity index (χ1) is 17.9. The predicted molar refractivity (Wildman–Crippen MR) is 146 cm³/mol. The number of nitrogens with one attached hydrogen (secondary N) is 1. The number of guanidine groups is 1. The molecule has 8 nitrogen and oxygen atoms in total. The molecule has 8 heteroatoms. The van der Waals surface area contributed by atoms with Crippen LogP contribution in [0.4, 0.5) is 0 Å². The highest BCUT2D eigenvalue weighted by atomic mass is 16.5. The molecular weight excluding hydrogens is 480 g/mol. The second kappa shape index (κ2) is 9.12. The predicted octanol–water partition coefficient (Wildman–Crippen LogP) is 4.17. The minimum Gasteiger partial charge on any atom is -0.487 e. The summed E-state index contributed by atoms with van der Waals surface area (Å²) >= 11 is 0. The van der Waals surface area contributed by atoms with Gasteiger partial charge in [-0.15, -0.1) is 0 Å². The molecule has 0 fully saturated rings. The van der Waals surface area contributed by atoms with Gasteiger partial charge in [0.2, 0.25) is 5.91 Å². The quantitative estimate of drug-likeness (QED) is 0.549. The molecule has 0 spiro atoms. The third kappa shape index (κ3) is 4.45. The summed E-state index contributed by atoms with van der Waals surface area (Å²) in [6.07, 6.45) is 2.74. The number of carbonyl (C=O) groups is 2. The average molecular weight is 519 g/mol. The molecule has 202 valence electrons. The van der Waals surface area contributed by atoms with E-state index in [1.165, 1.54) is 0 Å². The van der Waals surface area contributed by atoms with Crippen molar-refractivity contribution < 1.29 is 19.4 Å². The number of aliphatic hydroxyl groups is 1. The zero-order chi connectivity index (χ0) is 27.5. The Morgan fingerprint density at radius 1 is 1.13 bits per heavy atom. The molecule has 3 aliphatic rings. The van der Waals surface area contributed by atoms with Crippen molar-refractivity contribution in [2.45, 2.75) is 95.5 Å². The zero-order valence-electron chi connectivity index (χ0n) is 22.9. The van der Waals surface area contributed by atoms with Crippen LogP contribution in [0.1, 0.15) is 99.4 Å². The van der Waals surface area contributed by atoms with Gasteiger partial charge in [0.25, 0.3) is 5.91 Å². The van der Waals surface area contributed by atoms with E-state index >= 15 is 0 Å². The Hall–Kier alpha value is -3.39. The van der Waals surface area contributed by atoms with E-state index in [1.54, 1.807) is 30.0 Å². The highest BCUT2D eigenvalue weighted by Gasteiger charge is 2.46. The normalized spacial score (nSPS) is 27.2. The number of aliphatic imine (C=N–C) groups is 1. The Labute approximate surface area is 224 Å². The van der Waals surface area contributed by atoms with E-state index in [-0.39, 0.29) is 17.8 Å². The number of fused-ring (bicyclic) bond motifs is 2. The van der Waals surface area contributed by atoms with Gasteiger partial charge in [-0.25, -0.2) is 4.99 Å². The minimum atomic E-state index is -1.10. The molecule has 2 amide bonds. The Kier molecular flexibility index (Phi) is 6.29. The van der Waals surface area contributed by atoms with Crippen molar-refractivity contribution >= 4 is 17.8 Å². The molecule has 0 saturated heterocycles. The number of carbonyl (C=O) groups excluding carboxylic acids is 2. The summed E-state index contributed by atoms with van der Waals surface area (Å²) in [5.41, 5.74) is 7.44. The third-order valence-corrected chi connectivity index (χ3v) is 8.49. The highest BCUT2D eigenvalue weighted by Crippen LogP contribution is 2.45. The standard InChI is InChI=1S/C30H38N4O4/c1-6-30(7-2)17-24(35)34(27(31)33-30)22-16-28(3,4)38-23-13-12-18(14-21(22)23)26(36)32-25-20-11-9-8-10-19(20)15-29(25,5)37/h8-14,22,25,37H,6-7,15-17H2,1-5H3,(H2,31,33)(H,32,36)/t22-,25?,29?/m1/s1. The van der Waals surface area contributed by atoms with Crippen molar-refractivity contribution in [3.63, 3.8) is 0 Å². The number of nitrogens with zero attached hydrogens (tertiary/aromatic N) is 2. The summed E-state index contributed by atoms with van der Waals surface area (Å²) in [5, 5.41) is 14.1. The third-order valence-electron chi connectivity index (χ3n) is 8.49. The average Bonchev–Trinajstić information content (AvgIpc) is 3.11. The summed E-state index contributed by atoms with van der Waals surface area (Å²) in [4.78, 5) is 33.4. The van der Waals surface area contributed by atoms with Gasteiger partial charge < -0.3 is 20.9 Å². The van der Waals surface area contributed by atoms with Crippen LogP contribution >= 0.6 is 0 Å². The number of rotatable bonds is 5. The first-order valence-corrected chi connectivity index (χ1v) is 13.5. The number of benzene rings is 2. The van der Waals surface area contributed by atoms with Crippen molar-refractivity contribution in [3.8, 4) is 5.75 Å². The van der Waals surface area contributed by atoms with E-state index in [2.05, 4.69) is 5.32 Å². The van der Waals surface area contributed by atoms with Crippen LogP contribution in [-0.4, -0.2) is 44.5 Å². The van der Waals surface area contributed by atoms with Gasteiger partial charge in [-0.3, -0.25) is 14.5 Å². The number of hydrogen-bond acceptors (Lipinski definition) is 6. The van der Waals surface area contributed by atoms with Crippen molar-refractivity contribution in [2.75, 3.05) is 0 Å². The smallest absolute Gasteiger partial charge is 0.251 e. The van der Waals surface area contributed by atoms with Crippen LogP contribution in [-0.2, 0) is 11.2 Å². The van der Waals surface area contributed by atoms with E-state index in [0.29, 0.717) is 30.6 Å². The Morgan fingerprint density at radius 3 is 2.53 bits per heavy atom. The van der Waals surface area contributed by atoms with E-state index < -0.39 is 28.8 Å². The summed E-state index contributed by atoms with van der Waals surface area (Å²) in [6, 6.07) is 12.1. The number of hydrogen-bond donors (Lipinski definition) is 3. The molecule has 2 aromatic carbocycles. The zero-order valence-corrected chi connectivity index (χ0v) is 22.9. The maximum absolute atomic E-state index is 13.5. The fourth-order valence-corrected chi connectivity index (χ4v) is 6.26. The number of amides is 2. The second-order valence-electron chi connectivity index (χ2n) is 11.8. The fraction of sp³-hybridized carbons (Fsp3) is 0.500. The molecule has 4 N–H and O–H groups in total. The number of ether oxygens (including phenoxy) is 1. The summed E-state index contributed by atoms with van der Waals surface area (Å²) < 4.78 is 6.25. The lowest BCUT2D eigenvalue weighted by Crippen LogP contribution is -2.54. The van der Waals surface area contributed by atoms with E-state index in [0.717, 1.165) is 29.5 Å². The number of nitrogens with two attached hydrogens (primary N) is 1. The van der Waals surface area contributed by atoms with Crippen molar-refractivity contribution in [1.82, 2.24) is 10.2 Å². The Bertz CT molecular complexity index is 1310. The van der Waals surface area contributed by atoms with E-state index in [1.807, 2.05) is 52.0 Å². The van der Waals surface area contributed by atoms with Gasteiger partial charge >= 0.3 is 0 Å². The first-order valence-electron chi connectivity index (χ1n) is 13.5. The molecule has 0 saturated carbocycles. The van der Waals surface area contributed by atoms with E-state index in [4.69, 9.17) is 15.5 Å². The molecule has 3 atom stereocenters. The summed E-state index contributed by atoms with van der Waals surface area (Å²) in [5.74, 6) is 0.459. The molecule has 2 aromatic rings.